The first kappa shape index (κ1) is 29.5. The van der Waals surface area contributed by atoms with Crippen molar-refractivity contribution in [1.29, 1.82) is 0 Å². The molecule has 1 aliphatic carbocycles. The molecule has 0 aliphatic heterocycles. The monoisotopic (exact) mass is 651 g/mol. The van der Waals surface area contributed by atoms with Gasteiger partial charge in [-0.05, 0) is 71.8 Å². The molecule has 1 heterocycles. The molecule has 1 aliphatic rings. The first-order valence-corrected chi connectivity index (χ1v) is 17.5. The van der Waals surface area contributed by atoms with E-state index in [-0.39, 0.29) is 5.41 Å². The van der Waals surface area contributed by atoms with Crippen LogP contribution in [0.3, 0.4) is 0 Å². The fraction of sp³-hybridized carbons (Fsp3) is 0.0625. The molecule has 0 spiro atoms. The van der Waals surface area contributed by atoms with Gasteiger partial charge in [0.25, 0.3) is 0 Å². The minimum atomic E-state index is -0.128. The van der Waals surface area contributed by atoms with E-state index in [4.69, 9.17) is 15.0 Å². The second kappa shape index (κ2) is 11.3. The Hall–Kier alpha value is -6.45. The summed E-state index contributed by atoms with van der Waals surface area (Å²) in [4.78, 5) is 15.7. The zero-order chi connectivity index (χ0) is 34.1. The summed E-state index contributed by atoms with van der Waals surface area (Å²) in [6.45, 7) is 4.71. The van der Waals surface area contributed by atoms with Gasteiger partial charge in [-0.2, -0.15) is 0 Å². The number of aromatic nitrogens is 3. The van der Waals surface area contributed by atoms with Crippen LogP contribution in [0.5, 0.6) is 0 Å². The number of rotatable bonds is 4. The molecule has 51 heavy (non-hydrogen) atoms. The van der Waals surface area contributed by atoms with Crippen LogP contribution in [-0.4, -0.2) is 15.0 Å². The minimum Gasteiger partial charge on any atom is -0.208 e. The van der Waals surface area contributed by atoms with Crippen molar-refractivity contribution >= 4 is 32.3 Å². The molecule has 9 aromatic rings. The zero-order valence-electron chi connectivity index (χ0n) is 28.4. The Morgan fingerprint density at radius 3 is 1.29 bits per heavy atom. The zero-order valence-corrected chi connectivity index (χ0v) is 28.4. The maximum atomic E-state index is 5.27. The van der Waals surface area contributed by atoms with Crippen LogP contribution in [0.1, 0.15) is 25.0 Å². The molecule has 8 aromatic carbocycles. The average molecular weight is 652 g/mol. The molecule has 0 radical (unpaired) electrons. The van der Waals surface area contributed by atoms with Crippen molar-refractivity contribution in [3.05, 3.63) is 175 Å². The fourth-order valence-electron chi connectivity index (χ4n) is 8.38. The van der Waals surface area contributed by atoms with Crippen molar-refractivity contribution in [2.75, 3.05) is 0 Å². The van der Waals surface area contributed by atoms with Gasteiger partial charge in [0.1, 0.15) is 0 Å². The molecule has 0 amide bonds. The van der Waals surface area contributed by atoms with Crippen molar-refractivity contribution in [3.63, 3.8) is 0 Å². The lowest BCUT2D eigenvalue weighted by Crippen LogP contribution is -2.16. The summed E-state index contributed by atoms with van der Waals surface area (Å²) in [5, 5.41) is 6.82. The Morgan fingerprint density at radius 1 is 0.314 bits per heavy atom. The fourth-order valence-corrected chi connectivity index (χ4v) is 8.38. The molecule has 3 nitrogen and oxygen atoms in total. The summed E-state index contributed by atoms with van der Waals surface area (Å²) in [5.41, 5.74) is 10.7. The number of nitrogens with zero attached hydrogens (tertiary/aromatic N) is 3. The van der Waals surface area contributed by atoms with Gasteiger partial charge in [-0.15, -0.1) is 0 Å². The van der Waals surface area contributed by atoms with Crippen molar-refractivity contribution < 1.29 is 0 Å². The van der Waals surface area contributed by atoms with E-state index in [2.05, 4.69) is 178 Å². The summed E-state index contributed by atoms with van der Waals surface area (Å²) < 4.78 is 0. The third-order valence-corrected chi connectivity index (χ3v) is 10.7. The predicted octanol–water partition coefficient (Wildman–Crippen LogP) is 12.3. The third-order valence-electron chi connectivity index (χ3n) is 10.7. The normalized spacial score (nSPS) is 13.1. The van der Waals surface area contributed by atoms with E-state index in [1.807, 2.05) is 0 Å². The Labute approximate surface area is 297 Å². The molecular weight excluding hydrogens is 619 g/mol. The third kappa shape index (κ3) is 4.55. The molecule has 10 rings (SSSR count). The molecule has 0 saturated heterocycles. The molecule has 240 valence electrons. The minimum absolute atomic E-state index is 0.128. The van der Waals surface area contributed by atoms with Gasteiger partial charge in [-0.25, -0.2) is 15.0 Å². The summed E-state index contributed by atoms with van der Waals surface area (Å²) in [7, 11) is 0. The highest BCUT2D eigenvalue weighted by Crippen LogP contribution is 2.53. The van der Waals surface area contributed by atoms with Gasteiger partial charge >= 0.3 is 0 Å². The standard InChI is InChI=1S/C48H33N3/c1-48(2)43-27-10-9-22-37(43)39-24-13-23-38(44(39)48)36-28-29-42(35-21-8-7-20-34(35)36)47-50-45(40-25-11-16-30-14-3-5-18-32(30)40)49-46(51-47)41-26-12-17-31-15-4-6-19-33(31)41/h3-29H,1-2H3. The van der Waals surface area contributed by atoms with E-state index < -0.39 is 0 Å². The van der Waals surface area contributed by atoms with Crippen LogP contribution in [0.25, 0.3) is 88.7 Å². The van der Waals surface area contributed by atoms with Crippen molar-refractivity contribution in [3.8, 4) is 56.4 Å². The second-order valence-electron chi connectivity index (χ2n) is 14.0. The quantitative estimate of drug-likeness (QED) is 0.190. The number of hydrogen-bond acceptors (Lipinski definition) is 3. The largest absolute Gasteiger partial charge is 0.208 e. The molecular formula is C48H33N3. The van der Waals surface area contributed by atoms with E-state index in [9.17, 15) is 0 Å². The van der Waals surface area contributed by atoms with Crippen LogP contribution in [0, 0.1) is 0 Å². The maximum absolute atomic E-state index is 5.27. The highest BCUT2D eigenvalue weighted by Gasteiger charge is 2.37. The van der Waals surface area contributed by atoms with Crippen LogP contribution in [0.4, 0.5) is 0 Å². The summed E-state index contributed by atoms with van der Waals surface area (Å²) >= 11 is 0. The van der Waals surface area contributed by atoms with Gasteiger partial charge in [0, 0.05) is 22.1 Å². The van der Waals surface area contributed by atoms with Crippen LogP contribution in [-0.2, 0) is 5.41 Å². The molecule has 0 fully saturated rings. The summed E-state index contributed by atoms with van der Waals surface area (Å²) in [6, 6.07) is 58.3. The molecule has 0 atom stereocenters. The Kier molecular flexibility index (Phi) is 6.53. The Bertz CT molecular complexity index is 2740. The van der Waals surface area contributed by atoms with Crippen LogP contribution >= 0.6 is 0 Å². The summed E-state index contributed by atoms with van der Waals surface area (Å²) in [6.07, 6.45) is 0. The lowest BCUT2D eigenvalue weighted by Gasteiger charge is -2.25. The molecule has 0 N–H and O–H groups in total. The number of benzene rings is 8. The van der Waals surface area contributed by atoms with Gasteiger partial charge in [-0.3, -0.25) is 0 Å². The van der Waals surface area contributed by atoms with Gasteiger partial charge in [0.2, 0.25) is 0 Å². The molecule has 3 heteroatoms. The summed E-state index contributed by atoms with van der Waals surface area (Å²) in [5.74, 6) is 1.98. The molecule has 0 saturated carbocycles. The van der Waals surface area contributed by atoms with Gasteiger partial charge < -0.3 is 0 Å². The number of hydrogen-bond donors (Lipinski definition) is 0. The van der Waals surface area contributed by atoms with E-state index >= 15 is 0 Å². The average Bonchev–Trinajstić information content (AvgIpc) is 3.43. The molecule has 0 bridgehead atoms. The SMILES string of the molecule is CC1(C)c2ccccc2-c2cccc(-c3ccc(-c4nc(-c5cccc6ccccc56)nc(-c5cccc6ccccc56)n4)c4ccccc34)c21. The van der Waals surface area contributed by atoms with Gasteiger partial charge in [0.15, 0.2) is 17.5 Å². The highest BCUT2D eigenvalue weighted by atomic mass is 15.0. The molecule has 0 unspecified atom stereocenters. The lowest BCUT2D eigenvalue weighted by atomic mass is 9.78. The first-order chi connectivity index (χ1) is 25.1. The van der Waals surface area contributed by atoms with Crippen molar-refractivity contribution in [2.24, 2.45) is 0 Å². The van der Waals surface area contributed by atoms with E-state index in [1.165, 1.54) is 38.8 Å². The Morgan fingerprint density at radius 2 is 0.686 bits per heavy atom. The van der Waals surface area contributed by atoms with Gasteiger partial charge in [0.05, 0.1) is 0 Å². The van der Waals surface area contributed by atoms with E-state index in [0.717, 1.165) is 43.6 Å². The van der Waals surface area contributed by atoms with Crippen LogP contribution in [0.2, 0.25) is 0 Å². The highest BCUT2D eigenvalue weighted by molar-refractivity contribution is 6.06. The lowest BCUT2D eigenvalue weighted by molar-refractivity contribution is 0.662. The maximum Gasteiger partial charge on any atom is 0.164 e. The second-order valence-corrected chi connectivity index (χ2v) is 14.0. The topological polar surface area (TPSA) is 38.7 Å². The van der Waals surface area contributed by atoms with Crippen LogP contribution in [0.15, 0.2) is 164 Å². The number of fused-ring (bicyclic) bond motifs is 6. The van der Waals surface area contributed by atoms with E-state index in [1.54, 1.807) is 0 Å². The van der Waals surface area contributed by atoms with Gasteiger partial charge in [-0.1, -0.05) is 172 Å². The smallest absolute Gasteiger partial charge is 0.164 e. The predicted molar refractivity (Wildman–Crippen MR) is 212 cm³/mol. The van der Waals surface area contributed by atoms with E-state index in [0.29, 0.717) is 17.5 Å². The molecule has 1 aromatic heterocycles. The van der Waals surface area contributed by atoms with Crippen molar-refractivity contribution in [2.45, 2.75) is 19.3 Å². The Balaban J connectivity index is 1.22. The van der Waals surface area contributed by atoms with Crippen LogP contribution < -0.4 is 0 Å². The van der Waals surface area contributed by atoms with Crippen molar-refractivity contribution in [1.82, 2.24) is 15.0 Å². The first-order valence-electron chi connectivity index (χ1n) is 17.5.